The van der Waals surface area contributed by atoms with Crippen molar-refractivity contribution in [3.8, 4) is 11.3 Å². The summed E-state index contributed by atoms with van der Waals surface area (Å²) in [6.45, 7) is 0.745. The predicted octanol–water partition coefficient (Wildman–Crippen LogP) is 1.83. The van der Waals surface area contributed by atoms with Gasteiger partial charge in [0.05, 0.1) is 17.8 Å². The van der Waals surface area contributed by atoms with Gasteiger partial charge in [-0.25, -0.2) is 4.79 Å². The number of aromatic nitrogens is 2. The number of para-hydroxylation sites is 1. The van der Waals surface area contributed by atoms with Gasteiger partial charge in [-0.3, -0.25) is 9.36 Å². The van der Waals surface area contributed by atoms with E-state index in [2.05, 4.69) is 10.3 Å². The van der Waals surface area contributed by atoms with E-state index in [4.69, 9.17) is 4.74 Å². The number of carbonyl (C=O) groups excluding carboxylic acids is 1. The Morgan fingerprint density at radius 2 is 1.84 bits per heavy atom. The molecule has 0 fully saturated rings. The highest BCUT2D eigenvalue weighted by molar-refractivity contribution is 5.93. The fourth-order valence-corrected chi connectivity index (χ4v) is 2.69. The van der Waals surface area contributed by atoms with Gasteiger partial charge in [0.15, 0.2) is 0 Å². The maximum Gasteiger partial charge on any atom is 0.349 e. The van der Waals surface area contributed by atoms with Gasteiger partial charge in [0.1, 0.15) is 6.54 Å². The Balaban J connectivity index is 2.03. The summed E-state index contributed by atoms with van der Waals surface area (Å²) >= 11 is 0. The first-order valence-corrected chi connectivity index (χ1v) is 8.01. The van der Waals surface area contributed by atoms with Crippen LogP contribution in [0.25, 0.3) is 22.2 Å². The van der Waals surface area contributed by atoms with Crippen molar-refractivity contribution in [2.24, 2.45) is 0 Å². The monoisotopic (exact) mass is 337 g/mol. The van der Waals surface area contributed by atoms with Crippen LogP contribution < -0.4 is 11.0 Å². The van der Waals surface area contributed by atoms with Gasteiger partial charge in [0, 0.05) is 24.6 Å². The number of hydrogen-bond acceptors (Lipinski definition) is 4. The van der Waals surface area contributed by atoms with E-state index in [0.29, 0.717) is 24.4 Å². The molecule has 0 saturated heterocycles. The number of ether oxygens (including phenoxy) is 1. The van der Waals surface area contributed by atoms with Crippen molar-refractivity contribution >= 4 is 16.8 Å². The lowest BCUT2D eigenvalue weighted by atomic mass is 10.1. The van der Waals surface area contributed by atoms with Crippen LogP contribution in [0.2, 0.25) is 0 Å². The molecule has 0 atom stereocenters. The number of nitrogens with zero attached hydrogens (tertiary/aromatic N) is 2. The van der Waals surface area contributed by atoms with Crippen molar-refractivity contribution in [2.45, 2.75) is 6.54 Å². The fraction of sp³-hybridized carbons (Fsp3) is 0.211. The lowest BCUT2D eigenvalue weighted by Crippen LogP contribution is -2.35. The molecule has 6 heteroatoms. The standard InChI is InChI=1S/C19H19N3O3/c1-25-12-11-20-17(23)13-22-16-10-6-5-9-15(16)18(21-19(22)24)14-7-3-2-4-8-14/h2-10H,11-13H2,1H3,(H,20,23). The minimum Gasteiger partial charge on any atom is -0.383 e. The smallest absolute Gasteiger partial charge is 0.349 e. The molecule has 1 aromatic heterocycles. The lowest BCUT2D eigenvalue weighted by molar-refractivity contribution is -0.121. The van der Waals surface area contributed by atoms with Gasteiger partial charge in [0.25, 0.3) is 0 Å². The quantitative estimate of drug-likeness (QED) is 0.697. The third-order valence-electron chi connectivity index (χ3n) is 3.87. The molecule has 6 nitrogen and oxygen atoms in total. The zero-order chi connectivity index (χ0) is 17.6. The van der Waals surface area contributed by atoms with E-state index in [9.17, 15) is 9.59 Å². The van der Waals surface area contributed by atoms with Gasteiger partial charge in [-0.05, 0) is 6.07 Å². The first kappa shape index (κ1) is 16.9. The normalized spacial score (nSPS) is 10.8. The molecule has 3 rings (SSSR count). The maximum absolute atomic E-state index is 12.5. The minimum atomic E-state index is -0.445. The molecule has 0 radical (unpaired) electrons. The second kappa shape index (κ2) is 7.72. The third-order valence-corrected chi connectivity index (χ3v) is 3.87. The van der Waals surface area contributed by atoms with Crippen molar-refractivity contribution in [3.63, 3.8) is 0 Å². The van der Waals surface area contributed by atoms with E-state index in [1.165, 1.54) is 4.57 Å². The number of hydrogen-bond donors (Lipinski definition) is 1. The van der Waals surface area contributed by atoms with Crippen molar-refractivity contribution in [2.75, 3.05) is 20.3 Å². The molecular formula is C19H19N3O3. The fourth-order valence-electron chi connectivity index (χ4n) is 2.69. The van der Waals surface area contributed by atoms with E-state index < -0.39 is 5.69 Å². The Hall–Kier alpha value is -2.99. The molecular weight excluding hydrogens is 318 g/mol. The molecule has 3 aromatic rings. The van der Waals surface area contributed by atoms with Crippen molar-refractivity contribution in [3.05, 3.63) is 65.1 Å². The molecule has 0 aliphatic carbocycles. The van der Waals surface area contributed by atoms with Crippen LogP contribution in [0.3, 0.4) is 0 Å². The molecule has 1 amide bonds. The molecule has 25 heavy (non-hydrogen) atoms. The summed E-state index contributed by atoms with van der Waals surface area (Å²) in [6, 6.07) is 17.0. The second-order valence-corrected chi connectivity index (χ2v) is 5.56. The molecule has 1 N–H and O–H groups in total. The highest BCUT2D eigenvalue weighted by Gasteiger charge is 2.13. The zero-order valence-electron chi connectivity index (χ0n) is 13.9. The number of nitrogens with one attached hydrogen (secondary N) is 1. The van der Waals surface area contributed by atoms with E-state index in [-0.39, 0.29) is 12.5 Å². The largest absolute Gasteiger partial charge is 0.383 e. The topological polar surface area (TPSA) is 73.2 Å². The first-order chi connectivity index (χ1) is 12.2. The molecule has 2 aromatic carbocycles. The molecule has 0 bridgehead atoms. The molecule has 0 spiro atoms. The Bertz CT molecular complexity index is 936. The summed E-state index contributed by atoms with van der Waals surface area (Å²) in [5, 5.41) is 3.55. The van der Waals surface area contributed by atoms with Crippen LogP contribution in [-0.4, -0.2) is 35.7 Å². The van der Waals surface area contributed by atoms with Gasteiger partial charge in [0.2, 0.25) is 5.91 Å². The van der Waals surface area contributed by atoms with Gasteiger partial charge in [-0.1, -0.05) is 48.5 Å². The predicted molar refractivity (Wildman–Crippen MR) is 96.3 cm³/mol. The SMILES string of the molecule is COCCNC(=O)Cn1c(=O)nc(-c2ccccc2)c2ccccc21. The average molecular weight is 337 g/mol. The van der Waals surface area contributed by atoms with Crippen LogP contribution in [0.5, 0.6) is 0 Å². The van der Waals surface area contributed by atoms with Crippen LogP contribution in [0.1, 0.15) is 0 Å². The van der Waals surface area contributed by atoms with E-state index in [1.54, 1.807) is 7.11 Å². The van der Waals surface area contributed by atoms with Gasteiger partial charge < -0.3 is 10.1 Å². The molecule has 1 heterocycles. The molecule has 0 aliphatic heterocycles. The van der Waals surface area contributed by atoms with E-state index in [1.807, 2.05) is 54.6 Å². The van der Waals surface area contributed by atoms with Crippen LogP contribution >= 0.6 is 0 Å². The summed E-state index contributed by atoms with van der Waals surface area (Å²) in [5.41, 5.74) is 1.73. The highest BCUT2D eigenvalue weighted by Crippen LogP contribution is 2.24. The van der Waals surface area contributed by atoms with Crippen LogP contribution in [0, 0.1) is 0 Å². The maximum atomic E-state index is 12.5. The van der Waals surface area contributed by atoms with Crippen molar-refractivity contribution in [1.29, 1.82) is 0 Å². The summed E-state index contributed by atoms with van der Waals surface area (Å²) in [5.74, 6) is -0.251. The average Bonchev–Trinajstić information content (AvgIpc) is 2.65. The molecule has 0 saturated carbocycles. The molecule has 0 unspecified atom stereocenters. The Labute approximate surface area is 145 Å². The Kier molecular flexibility index (Phi) is 5.20. The molecule has 128 valence electrons. The number of carbonyl (C=O) groups is 1. The second-order valence-electron chi connectivity index (χ2n) is 5.56. The Morgan fingerprint density at radius 1 is 1.12 bits per heavy atom. The van der Waals surface area contributed by atoms with Gasteiger partial charge >= 0.3 is 5.69 Å². The summed E-state index contributed by atoms with van der Waals surface area (Å²) in [6.07, 6.45) is 0. The number of fused-ring (bicyclic) bond motifs is 1. The molecule has 0 aliphatic rings. The number of benzene rings is 2. The van der Waals surface area contributed by atoms with Crippen molar-refractivity contribution < 1.29 is 9.53 Å². The highest BCUT2D eigenvalue weighted by atomic mass is 16.5. The summed E-state index contributed by atoms with van der Waals surface area (Å²) in [7, 11) is 1.57. The van der Waals surface area contributed by atoms with E-state index in [0.717, 1.165) is 10.9 Å². The minimum absolute atomic E-state index is 0.0782. The van der Waals surface area contributed by atoms with Crippen molar-refractivity contribution in [1.82, 2.24) is 14.9 Å². The number of amides is 1. The van der Waals surface area contributed by atoms with Crippen LogP contribution in [0.15, 0.2) is 59.4 Å². The van der Waals surface area contributed by atoms with E-state index >= 15 is 0 Å². The first-order valence-electron chi connectivity index (χ1n) is 8.01. The van der Waals surface area contributed by atoms with Gasteiger partial charge in [-0.2, -0.15) is 4.98 Å². The Morgan fingerprint density at radius 3 is 2.60 bits per heavy atom. The zero-order valence-corrected chi connectivity index (χ0v) is 13.9. The van der Waals surface area contributed by atoms with Gasteiger partial charge in [-0.15, -0.1) is 0 Å². The lowest BCUT2D eigenvalue weighted by Gasteiger charge is -2.12. The third kappa shape index (κ3) is 3.75. The van der Waals surface area contributed by atoms with Crippen LogP contribution in [0.4, 0.5) is 0 Å². The summed E-state index contributed by atoms with van der Waals surface area (Å²) in [4.78, 5) is 28.8. The summed E-state index contributed by atoms with van der Waals surface area (Å²) < 4.78 is 6.30. The number of rotatable bonds is 6. The van der Waals surface area contributed by atoms with Crippen LogP contribution in [-0.2, 0) is 16.1 Å². The number of methoxy groups -OCH3 is 1.